The number of hydrogen-bond donors (Lipinski definition) is 2. The van der Waals surface area contributed by atoms with Crippen LogP contribution in [0.1, 0.15) is 20.8 Å². The zero-order chi connectivity index (χ0) is 12.8. The molecule has 0 atom stereocenters. The van der Waals surface area contributed by atoms with Gasteiger partial charge in [-0.05, 0) is 20.8 Å². The summed E-state index contributed by atoms with van der Waals surface area (Å²) in [4.78, 5) is 0.652. The van der Waals surface area contributed by atoms with Gasteiger partial charge in [0.2, 0.25) is 0 Å². The summed E-state index contributed by atoms with van der Waals surface area (Å²) in [5.74, 6) is 1.31. The highest BCUT2D eigenvalue weighted by Gasteiger charge is 2.11. The number of ether oxygens (including phenoxy) is 2. The molecule has 1 rings (SSSR count). The predicted molar refractivity (Wildman–Crippen MR) is 75.1 cm³/mol. The van der Waals surface area contributed by atoms with Crippen LogP contribution >= 0.6 is 12.2 Å². The smallest absolute Gasteiger partial charge is 0.165 e. The second-order valence-corrected chi connectivity index (χ2v) is 4.05. The van der Waals surface area contributed by atoms with E-state index >= 15 is 0 Å². The van der Waals surface area contributed by atoms with Crippen LogP contribution in [0.25, 0.3) is 0 Å². The van der Waals surface area contributed by atoms with Gasteiger partial charge in [0, 0.05) is 12.1 Å². The molecule has 0 saturated carbocycles. The molecule has 1 aromatic carbocycles. The van der Waals surface area contributed by atoms with Gasteiger partial charge in [0.1, 0.15) is 5.75 Å². The van der Waals surface area contributed by atoms with E-state index in [1.165, 1.54) is 0 Å². The standard InChI is InChI=1S/C12H18N2O2S/c1-4-15-9-6-10(13)12(16-5-2)11(7-9)14-8(3)17/h6-7H,4-5,13H2,1-3H3,(H,14,17). The number of nitrogens with one attached hydrogen (secondary N) is 1. The zero-order valence-electron chi connectivity index (χ0n) is 10.4. The average molecular weight is 254 g/mol. The highest BCUT2D eigenvalue weighted by molar-refractivity contribution is 7.80. The lowest BCUT2D eigenvalue weighted by atomic mass is 10.2. The van der Waals surface area contributed by atoms with Crippen molar-refractivity contribution < 1.29 is 9.47 Å². The Labute approximate surface area is 107 Å². The molecule has 0 aliphatic carbocycles. The van der Waals surface area contributed by atoms with Crippen molar-refractivity contribution in [3.8, 4) is 11.5 Å². The van der Waals surface area contributed by atoms with Gasteiger partial charge in [-0.2, -0.15) is 0 Å². The fourth-order valence-corrected chi connectivity index (χ4v) is 1.57. The van der Waals surface area contributed by atoms with E-state index in [-0.39, 0.29) is 0 Å². The Morgan fingerprint density at radius 1 is 1.29 bits per heavy atom. The van der Waals surface area contributed by atoms with Crippen molar-refractivity contribution in [1.29, 1.82) is 0 Å². The van der Waals surface area contributed by atoms with E-state index in [9.17, 15) is 0 Å². The van der Waals surface area contributed by atoms with Gasteiger partial charge in [0.25, 0.3) is 0 Å². The average Bonchev–Trinajstić information content (AvgIpc) is 2.23. The number of nitrogens with two attached hydrogens (primary N) is 1. The third-order valence-corrected chi connectivity index (χ3v) is 2.10. The van der Waals surface area contributed by atoms with Crippen LogP contribution in [0.15, 0.2) is 12.1 Å². The van der Waals surface area contributed by atoms with E-state index < -0.39 is 0 Å². The molecule has 0 saturated heterocycles. The number of thiocarbonyl (C=S) groups is 1. The molecule has 0 unspecified atom stereocenters. The van der Waals surface area contributed by atoms with E-state index in [0.29, 0.717) is 35.4 Å². The van der Waals surface area contributed by atoms with Crippen LogP contribution in [0.2, 0.25) is 0 Å². The molecule has 4 nitrogen and oxygen atoms in total. The van der Waals surface area contributed by atoms with Gasteiger partial charge in [-0.15, -0.1) is 0 Å². The van der Waals surface area contributed by atoms with E-state index in [1.807, 2.05) is 19.9 Å². The van der Waals surface area contributed by atoms with Crippen molar-refractivity contribution in [2.45, 2.75) is 20.8 Å². The minimum atomic E-state index is 0.538. The van der Waals surface area contributed by atoms with Crippen LogP contribution in [0, 0.1) is 0 Å². The Morgan fingerprint density at radius 2 is 1.94 bits per heavy atom. The maximum Gasteiger partial charge on any atom is 0.165 e. The van der Waals surface area contributed by atoms with Crippen LogP contribution < -0.4 is 20.5 Å². The summed E-state index contributed by atoms with van der Waals surface area (Å²) >= 11 is 5.02. The second kappa shape index (κ2) is 6.30. The minimum Gasteiger partial charge on any atom is -0.494 e. The zero-order valence-corrected chi connectivity index (χ0v) is 11.2. The Morgan fingerprint density at radius 3 is 2.47 bits per heavy atom. The van der Waals surface area contributed by atoms with Gasteiger partial charge in [-0.25, -0.2) is 0 Å². The first kappa shape index (κ1) is 13.6. The van der Waals surface area contributed by atoms with E-state index in [4.69, 9.17) is 27.4 Å². The number of rotatable bonds is 5. The lowest BCUT2D eigenvalue weighted by Crippen LogP contribution is -2.08. The fourth-order valence-electron chi connectivity index (χ4n) is 1.46. The molecule has 0 heterocycles. The molecule has 5 heteroatoms. The molecule has 0 spiro atoms. The van der Waals surface area contributed by atoms with Crippen molar-refractivity contribution in [1.82, 2.24) is 0 Å². The Hall–Kier alpha value is -1.49. The molecule has 3 N–H and O–H groups in total. The first-order valence-electron chi connectivity index (χ1n) is 5.55. The lowest BCUT2D eigenvalue weighted by molar-refractivity contribution is 0.333. The number of nitrogen functional groups attached to an aromatic ring is 1. The third kappa shape index (κ3) is 3.78. The maximum absolute atomic E-state index is 5.93. The summed E-state index contributed by atoms with van der Waals surface area (Å²) in [5.41, 5.74) is 7.20. The maximum atomic E-state index is 5.93. The van der Waals surface area contributed by atoms with Gasteiger partial charge in [-0.1, -0.05) is 12.2 Å². The number of hydrogen-bond acceptors (Lipinski definition) is 4. The quantitative estimate of drug-likeness (QED) is 0.625. The predicted octanol–water partition coefficient (Wildman–Crippen LogP) is 2.83. The first-order valence-corrected chi connectivity index (χ1v) is 5.96. The summed E-state index contributed by atoms with van der Waals surface area (Å²) in [6, 6.07) is 3.58. The number of benzene rings is 1. The number of anilines is 2. The van der Waals surface area contributed by atoms with E-state index in [2.05, 4.69) is 5.32 Å². The molecule has 0 bridgehead atoms. The highest BCUT2D eigenvalue weighted by Crippen LogP contribution is 2.36. The third-order valence-electron chi connectivity index (χ3n) is 2.00. The monoisotopic (exact) mass is 254 g/mol. The fraction of sp³-hybridized carbons (Fsp3) is 0.417. The molecular formula is C12H18N2O2S. The Balaban J connectivity index is 3.13. The summed E-state index contributed by atoms with van der Waals surface area (Å²) in [7, 11) is 0. The van der Waals surface area contributed by atoms with Crippen molar-refractivity contribution in [2.75, 3.05) is 24.3 Å². The van der Waals surface area contributed by atoms with Gasteiger partial charge in [-0.3, -0.25) is 0 Å². The van der Waals surface area contributed by atoms with Crippen molar-refractivity contribution in [3.05, 3.63) is 12.1 Å². The molecular weight excluding hydrogens is 236 g/mol. The van der Waals surface area contributed by atoms with Crippen molar-refractivity contribution >= 4 is 28.6 Å². The molecule has 94 valence electrons. The molecule has 0 radical (unpaired) electrons. The Kier molecular flexibility index (Phi) is 5.03. The summed E-state index contributed by atoms with van der Waals surface area (Å²) in [6.07, 6.45) is 0. The summed E-state index contributed by atoms with van der Waals surface area (Å²) in [5, 5.41) is 3.04. The summed E-state index contributed by atoms with van der Waals surface area (Å²) in [6.45, 7) is 6.76. The van der Waals surface area contributed by atoms with Gasteiger partial charge in [0.05, 0.1) is 29.6 Å². The molecule has 0 aliphatic heterocycles. The molecule has 0 aliphatic rings. The van der Waals surface area contributed by atoms with E-state index in [1.54, 1.807) is 13.0 Å². The topological polar surface area (TPSA) is 56.5 Å². The largest absolute Gasteiger partial charge is 0.494 e. The second-order valence-electron chi connectivity index (χ2n) is 3.44. The van der Waals surface area contributed by atoms with Gasteiger partial charge in [0.15, 0.2) is 5.75 Å². The normalized spacial score (nSPS) is 9.82. The molecule has 0 amide bonds. The van der Waals surface area contributed by atoms with Crippen LogP contribution in [0.5, 0.6) is 11.5 Å². The molecule has 0 fully saturated rings. The van der Waals surface area contributed by atoms with E-state index in [0.717, 1.165) is 5.69 Å². The first-order chi connectivity index (χ1) is 8.08. The summed E-state index contributed by atoms with van der Waals surface area (Å²) < 4.78 is 10.9. The molecule has 1 aromatic rings. The van der Waals surface area contributed by atoms with Crippen LogP contribution in [0.4, 0.5) is 11.4 Å². The Bertz CT molecular complexity index is 408. The molecule has 17 heavy (non-hydrogen) atoms. The SMILES string of the molecule is CCOc1cc(N)c(OCC)c(NC(C)=S)c1. The van der Waals surface area contributed by atoms with Gasteiger partial charge >= 0.3 is 0 Å². The van der Waals surface area contributed by atoms with Gasteiger partial charge < -0.3 is 20.5 Å². The van der Waals surface area contributed by atoms with Crippen LogP contribution in [-0.4, -0.2) is 18.2 Å². The van der Waals surface area contributed by atoms with Crippen LogP contribution in [0.3, 0.4) is 0 Å². The van der Waals surface area contributed by atoms with Crippen molar-refractivity contribution in [3.63, 3.8) is 0 Å². The van der Waals surface area contributed by atoms with Crippen molar-refractivity contribution in [2.24, 2.45) is 0 Å². The van der Waals surface area contributed by atoms with Crippen LogP contribution in [-0.2, 0) is 0 Å². The molecule has 0 aromatic heterocycles. The minimum absolute atomic E-state index is 0.538. The highest BCUT2D eigenvalue weighted by atomic mass is 32.1. The lowest BCUT2D eigenvalue weighted by Gasteiger charge is -2.15.